The number of esters is 1. The van der Waals surface area contributed by atoms with Crippen LogP contribution in [0.1, 0.15) is 0 Å². The minimum atomic E-state index is -0.320. The van der Waals surface area contributed by atoms with Crippen LogP contribution < -0.4 is 0 Å². The van der Waals surface area contributed by atoms with Gasteiger partial charge in [0.15, 0.2) is 0 Å². The van der Waals surface area contributed by atoms with E-state index < -0.39 is 0 Å². The van der Waals surface area contributed by atoms with Gasteiger partial charge in [-0.05, 0) is 12.1 Å². The number of carbonyl (C=O) groups excluding carboxylic acids is 1. The maximum Gasteiger partial charge on any atom is 0.316 e. The molecule has 0 aliphatic heterocycles. The van der Waals surface area contributed by atoms with E-state index in [0.29, 0.717) is 20.6 Å². The molecule has 0 radical (unpaired) electrons. The normalized spacial score (nSPS) is 10.6. The summed E-state index contributed by atoms with van der Waals surface area (Å²) in [5.41, 5.74) is 0.614. The number of ether oxygens (including phenoxy) is 1. The Hall–Kier alpha value is -1.04. The van der Waals surface area contributed by atoms with E-state index in [9.17, 15) is 4.79 Å². The molecule has 18 heavy (non-hydrogen) atoms. The minimum Gasteiger partial charge on any atom is -0.468 e. The van der Waals surface area contributed by atoms with Crippen LogP contribution in [0.15, 0.2) is 23.5 Å². The van der Waals surface area contributed by atoms with Crippen LogP contribution in [0.5, 0.6) is 0 Å². The molecular weight excluding hydrogens is 295 g/mol. The zero-order valence-corrected chi connectivity index (χ0v) is 11.6. The molecule has 2 rings (SSSR count). The number of thioether (sulfide) groups is 1. The summed E-state index contributed by atoms with van der Waals surface area (Å²) in [5, 5.41) is 2.33. The summed E-state index contributed by atoms with van der Waals surface area (Å²) < 4.78 is 4.58. The maximum atomic E-state index is 11.1. The SMILES string of the molecule is COC(=O)CSc1ncnc2c(Cl)cc(Cl)cc12. The second-order valence-electron chi connectivity index (χ2n) is 3.33. The van der Waals surface area contributed by atoms with Gasteiger partial charge in [0.2, 0.25) is 0 Å². The molecule has 1 heterocycles. The maximum absolute atomic E-state index is 11.1. The van der Waals surface area contributed by atoms with E-state index in [4.69, 9.17) is 23.2 Å². The number of benzene rings is 1. The van der Waals surface area contributed by atoms with Crippen molar-refractivity contribution in [3.8, 4) is 0 Å². The first-order chi connectivity index (χ1) is 8.61. The van der Waals surface area contributed by atoms with Crippen molar-refractivity contribution in [2.45, 2.75) is 5.03 Å². The van der Waals surface area contributed by atoms with Crippen molar-refractivity contribution in [3.05, 3.63) is 28.5 Å². The van der Waals surface area contributed by atoms with Gasteiger partial charge in [-0.1, -0.05) is 35.0 Å². The van der Waals surface area contributed by atoms with Gasteiger partial charge in [-0.2, -0.15) is 0 Å². The lowest BCUT2D eigenvalue weighted by Gasteiger charge is -2.05. The van der Waals surface area contributed by atoms with Crippen molar-refractivity contribution in [1.29, 1.82) is 0 Å². The first-order valence-corrected chi connectivity index (χ1v) is 6.65. The predicted molar refractivity (Wildman–Crippen MR) is 72.3 cm³/mol. The lowest BCUT2D eigenvalue weighted by atomic mass is 10.2. The summed E-state index contributed by atoms with van der Waals surface area (Å²) in [7, 11) is 1.34. The van der Waals surface area contributed by atoms with Gasteiger partial charge in [0.1, 0.15) is 11.4 Å². The molecule has 0 saturated carbocycles. The fourth-order valence-corrected chi connectivity index (χ4v) is 2.72. The quantitative estimate of drug-likeness (QED) is 0.495. The highest BCUT2D eigenvalue weighted by Gasteiger charge is 2.10. The second-order valence-corrected chi connectivity index (χ2v) is 5.14. The van der Waals surface area contributed by atoms with Gasteiger partial charge in [-0.15, -0.1) is 0 Å². The minimum absolute atomic E-state index is 0.173. The molecule has 0 fully saturated rings. The van der Waals surface area contributed by atoms with Gasteiger partial charge < -0.3 is 4.74 Å². The van der Waals surface area contributed by atoms with E-state index in [2.05, 4.69) is 14.7 Å². The van der Waals surface area contributed by atoms with E-state index in [1.807, 2.05) is 0 Å². The van der Waals surface area contributed by atoms with Crippen LogP contribution in [-0.2, 0) is 9.53 Å². The monoisotopic (exact) mass is 302 g/mol. The molecule has 0 saturated heterocycles. The molecule has 0 N–H and O–H groups in total. The number of rotatable bonds is 3. The molecule has 94 valence electrons. The van der Waals surface area contributed by atoms with E-state index in [-0.39, 0.29) is 11.7 Å². The van der Waals surface area contributed by atoms with Gasteiger partial charge in [0, 0.05) is 10.4 Å². The van der Waals surface area contributed by atoms with Gasteiger partial charge in [-0.3, -0.25) is 4.79 Å². The molecule has 0 bridgehead atoms. The molecule has 7 heteroatoms. The molecule has 1 aromatic carbocycles. The largest absolute Gasteiger partial charge is 0.468 e. The fourth-order valence-electron chi connectivity index (χ4n) is 1.37. The van der Waals surface area contributed by atoms with Gasteiger partial charge in [-0.25, -0.2) is 9.97 Å². The van der Waals surface area contributed by atoms with E-state index in [1.165, 1.54) is 25.2 Å². The molecule has 0 aliphatic rings. The first-order valence-electron chi connectivity index (χ1n) is 4.91. The number of hydrogen-bond donors (Lipinski definition) is 0. The number of carbonyl (C=O) groups is 1. The van der Waals surface area contributed by atoms with Crippen molar-refractivity contribution in [2.75, 3.05) is 12.9 Å². The number of aromatic nitrogens is 2. The zero-order chi connectivity index (χ0) is 13.1. The highest BCUT2D eigenvalue weighted by atomic mass is 35.5. The summed E-state index contributed by atoms with van der Waals surface area (Å²) in [4.78, 5) is 19.3. The Morgan fingerprint density at radius 3 is 2.89 bits per heavy atom. The van der Waals surface area contributed by atoms with Crippen molar-refractivity contribution in [1.82, 2.24) is 9.97 Å². The Morgan fingerprint density at radius 2 is 2.17 bits per heavy atom. The molecule has 2 aromatic rings. The molecule has 1 aromatic heterocycles. The van der Waals surface area contributed by atoms with Gasteiger partial charge in [0.05, 0.1) is 23.4 Å². The summed E-state index contributed by atoms with van der Waals surface area (Å²) in [6.45, 7) is 0. The lowest BCUT2D eigenvalue weighted by Crippen LogP contribution is -2.03. The van der Waals surface area contributed by atoms with Crippen LogP contribution in [-0.4, -0.2) is 28.8 Å². The van der Waals surface area contributed by atoms with Crippen LogP contribution in [0.2, 0.25) is 10.0 Å². The average molecular weight is 303 g/mol. The van der Waals surface area contributed by atoms with Crippen LogP contribution >= 0.6 is 35.0 Å². The molecule has 0 aliphatic carbocycles. The second kappa shape index (κ2) is 5.73. The summed E-state index contributed by atoms with van der Waals surface area (Å²) >= 11 is 13.3. The Balaban J connectivity index is 2.41. The third kappa shape index (κ3) is 2.85. The fraction of sp³-hybridized carbons (Fsp3) is 0.182. The van der Waals surface area contributed by atoms with Crippen molar-refractivity contribution >= 4 is 51.8 Å². The van der Waals surface area contributed by atoms with Crippen LogP contribution in [0.3, 0.4) is 0 Å². The van der Waals surface area contributed by atoms with Crippen LogP contribution in [0.4, 0.5) is 0 Å². The number of methoxy groups -OCH3 is 1. The van der Waals surface area contributed by atoms with E-state index in [1.54, 1.807) is 12.1 Å². The predicted octanol–water partition coefficient (Wildman–Crippen LogP) is 3.20. The molecular formula is C11H8Cl2N2O2S. The van der Waals surface area contributed by atoms with Gasteiger partial charge in [0.25, 0.3) is 0 Å². The Kier molecular flexibility index (Phi) is 4.27. The molecule has 4 nitrogen and oxygen atoms in total. The van der Waals surface area contributed by atoms with Gasteiger partial charge >= 0.3 is 5.97 Å². The van der Waals surface area contributed by atoms with Crippen LogP contribution in [0.25, 0.3) is 10.9 Å². The smallest absolute Gasteiger partial charge is 0.316 e. The highest BCUT2D eigenvalue weighted by molar-refractivity contribution is 8.00. The number of hydrogen-bond acceptors (Lipinski definition) is 5. The Labute approximate surface area is 118 Å². The summed E-state index contributed by atoms with van der Waals surface area (Å²) in [6.07, 6.45) is 1.40. The molecule has 0 unspecified atom stereocenters. The Morgan fingerprint density at radius 1 is 1.39 bits per heavy atom. The number of nitrogens with zero attached hydrogens (tertiary/aromatic N) is 2. The third-order valence-electron chi connectivity index (χ3n) is 2.17. The van der Waals surface area contributed by atoms with Crippen molar-refractivity contribution < 1.29 is 9.53 Å². The standard InChI is InChI=1S/C11H8Cl2N2O2S/c1-17-9(16)4-18-11-7-2-6(12)3-8(13)10(7)14-5-15-11/h2-3,5H,4H2,1H3. The van der Waals surface area contributed by atoms with Crippen molar-refractivity contribution in [3.63, 3.8) is 0 Å². The summed E-state index contributed by atoms with van der Waals surface area (Å²) in [5.74, 6) is -0.146. The summed E-state index contributed by atoms with van der Waals surface area (Å²) in [6, 6.07) is 3.34. The average Bonchev–Trinajstić information content (AvgIpc) is 2.36. The lowest BCUT2D eigenvalue weighted by molar-refractivity contribution is -0.137. The Bertz CT molecular complexity index is 607. The third-order valence-corrected chi connectivity index (χ3v) is 3.66. The number of fused-ring (bicyclic) bond motifs is 1. The molecule has 0 atom stereocenters. The zero-order valence-electron chi connectivity index (χ0n) is 9.31. The van der Waals surface area contributed by atoms with E-state index in [0.717, 1.165) is 5.39 Å². The van der Waals surface area contributed by atoms with E-state index >= 15 is 0 Å². The van der Waals surface area contributed by atoms with Crippen LogP contribution in [0, 0.1) is 0 Å². The number of halogens is 2. The van der Waals surface area contributed by atoms with Crippen molar-refractivity contribution in [2.24, 2.45) is 0 Å². The highest BCUT2D eigenvalue weighted by Crippen LogP contribution is 2.31. The topological polar surface area (TPSA) is 52.1 Å². The first kappa shape index (κ1) is 13.4. The molecule has 0 amide bonds. The molecule has 0 spiro atoms.